The van der Waals surface area contributed by atoms with Gasteiger partial charge in [0.05, 0.1) is 19.8 Å². The minimum atomic E-state index is 0. The minimum Gasteiger partial charge on any atom is -1.00 e. The fourth-order valence-electron chi connectivity index (χ4n) is 3.96. The second kappa shape index (κ2) is 16.1. The first-order chi connectivity index (χ1) is 14.6. The Kier molecular flexibility index (Phi) is 14.3. The normalized spacial score (nSPS) is 12.2. The van der Waals surface area contributed by atoms with Gasteiger partial charge in [-0.15, -0.1) is 0 Å². The molecule has 0 aliphatic carbocycles. The molecule has 0 heterocycles. The lowest BCUT2D eigenvalue weighted by Gasteiger charge is -2.36. The highest BCUT2D eigenvalue weighted by atomic mass is 35.5. The lowest BCUT2D eigenvalue weighted by atomic mass is 9.91. The molecule has 174 valence electrons. The fraction of sp³-hybridized carbons (Fsp3) is 0.556. The molecule has 1 N–H and O–H groups in total. The number of halogens is 1. The van der Waals surface area contributed by atoms with E-state index >= 15 is 0 Å². The number of hydrogen-bond acceptors (Lipinski definition) is 2. The van der Waals surface area contributed by atoms with Crippen molar-refractivity contribution in [3.05, 3.63) is 66.2 Å². The molecule has 0 saturated heterocycles. The molecule has 31 heavy (non-hydrogen) atoms. The molecule has 4 heteroatoms. The van der Waals surface area contributed by atoms with Gasteiger partial charge in [0.15, 0.2) is 0 Å². The number of para-hydroxylation sites is 1. The zero-order valence-electron chi connectivity index (χ0n) is 19.7. The van der Waals surface area contributed by atoms with Crippen molar-refractivity contribution in [1.29, 1.82) is 0 Å². The Morgan fingerprint density at radius 1 is 0.710 bits per heavy atom. The van der Waals surface area contributed by atoms with Crippen LogP contribution in [0, 0.1) is 0 Å². The highest BCUT2D eigenvalue weighted by Crippen LogP contribution is 2.16. The van der Waals surface area contributed by atoms with Crippen molar-refractivity contribution in [1.82, 2.24) is 0 Å². The molecule has 0 bridgehead atoms. The standard InChI is InChI=1S/C27H41NO2.ClH/c1-4-5-6-7-8-15-20-28(27(2,3)25-16-11-9-12-17-25)21-22-29-23-24-30-26-18-13-10-14-19-26;/h9-14,16-19H,4-8,15,20-24H2,1-3H3;1H. The van der Waals surface area contributed by atoms with Gasteiger partial charge in [-0.2, -0.15) is 0 Å². The van der Waals surface area contributed by atoms with Crippen LogP contribution in [0.5, 0.6) is 5.75 Å². The van der Waals surface area contributed by atoms with Crippen molar-refractivity contribution < 1.29 is 26.8 Å². The highest BCUT2D eigenvalue weighted by molar-refractivity contribution is 5.21. The Bertz CT molecular complexity index is 663. The molecule has 0 saturated carbocycles. The van der Waals surface area contributed by atoms with Gasteiger partial charge in [-0.25, -0.2) is 0 Å². The molecule has 2 rings (SSSR count). The SMILES string of the molecule is CCCCCCCC[NH+](CCOCCOc1ccccc1)C(C)(C)c1ccccc1.[Cl-]. The number of ether oxygens (including phenoxy) is 2. The van der Waals surface area contributed by atoms with Crippen molar-refractivity contribution in [3.63, 3.8) is 0 Å². The molecule has 0 aliphatic rings. The van der Waals surface area contributed by atoms with Gasteiger partial charge in [0.25, 0.3) is 0 Å². The van der Waals surface area contributed by atoms with Crippen LogP contribution in [0.15, 0.2) is 60.7 Å². The zero-order valence-corrected chi connectivity index (χ0v) is 20.5. The Morgan fingerprint density at radius 2 is 1.32 bits per heavy atom. The molecule has 0 radical (unpaired) electrons. The van der Waals surface area contributed by atoms with E-state index in [1.165, 1.54) is 50.6 Å². The van der Waals surface area contributed by atoms with Crippen LogP contribution in [0.1, 0.15) is 64.9 Å². The van der Waals surface area contributed by atoms with Gasteiger partial charge in [-0.3, -0.25) is 0 Å². The summed E-state index contributed by atoms with van der Waals surface area (Å²) in [4.78, 5) is 1.60. The van der Waals surface area contributed by atoms with Crippen LogP contribution in [0.4, 0.5) is 0 Å². The van der Waals surface area contributed by atoms with E-state index in [0.29, 0.717) is 13.2 Å². The summed E-state index contributed by atoms with van der Waals surface area (Å²) >= 11 is 0. The predicted molar refractivity (Wildman–Crippen MR) is 126 cm³/mol. The zero-order chi connectivity index (χ0) is 21.5. The van der Waals surface area contributed by atoms with Crippen LogP contribution in [-0.4, -0.2) is 32.9 Å². The summed E-state index contributed by atoms with van der Waals surface area (Å²) in [5, 5.41) is 0. The molecule has 2 aromatic carbocycles. The van der Waals surface area contributed by atoms with E-state index in [1.54, 1.807) is 4.90 Å². The van der Waals surface area contributed by atoms with Gasteiger partial charge in [0, 0.05) is 5.56 Å². The van der Waals surface area contributed by atoms with E-state index in [1.807, 2.05) is 30.3 Å². The van der Waals surface area contributed by atoms with E-state index in [4.69, 9.17) is 9.47 Å². The third kappa shape index (κ3) is 10.5. The molecule has 0 fully saturated rings. The van der Waals surface area contributed by atoms with Gasteiger partial charge < -0.3 is 26.8 Å². The molecule has 3 nitrogen and oxygen atoms in total. The van der Waals surface area contributed by atoms with Crippen LogP contribution in [0.25, 0.3) is 0 Å². The van der Waals surface area contributed by atoms with Crippen molar-refractivity contribution in [3.8, 4) is 5.75 Å². The van der Waals surface area contributed by atoms with Gasteiger partial charge in [0.1, 0.15) is 24.4 Å². The maximum atomic E-state index is 5.93. The molecule has 2 aromatic rings. The predicted octanol–water partition coefficient (Wildman–Crippen LogP) is 2.27. The van der Waals surface area contributed by atoms with E-state index in [-0.39, 0.29) is 17.9 Å². The molecule has 0 aliphatic heterocycles. The van der Waals surface area contributed by atoms with Gasteiger partial charge in [0.2, 0.25) is 0 Å². The summed E-state index contributed by atoms with van der Waals surface area (Å²) in [6.07, 6.45) is 8.03. The Hall–Kier alpha value is -1.55. The van der Waals surface area contributed by atoms with Crippen molar-refractivity contribution in [2.75, 3.05) is 32.9 Å². The van der Waals surface area contributed by atoms with Crippen molar-refractivity contribution >= 4 is 0 Å². The topological polar surface area (TPSA) is 22.9 Å². The fourth-order valence-corrected chi connectivity index (χ4v) is 3.96. The maximum absolute atomic E-state index is 5.93. The summed E-state index contributed by atoms with van der Waals surface area (Å²) < 4.78 is 11.7. The average molecular weight is 448 g/mol. The van der Waals surface area contributed by atoms with Crippen LogP contribution < -0.4 is 22.0 Å². The Balaban J connectivity index is 0.00000480. The van der Waals surface area contributed by atoms with Gasteiger partial charge >= 0.3 is 0 Å². The molecule has 1 atom stereocenters. The van der Waals surface area contributed by atoms with E-state index in [9.17, 15) is 0 Å². The first-order valence-electron chi connectivity index (χ1n) is 11.8. The molecular formula is C27H42ClNO2. The third-order valence-electron chi connectivity index (χ3n) is 6.00. The number of hydrogen-bond donors (Lipinski definition) is 1. The quantitative estimate of drug-likeness (QED) is 0.399. The first kappa shape index (κ1) is 27.5. The number of quaternary nitrogens is 1. The van der Waals surface area contributed by atoms with Gasteiger partial charge in [-0.05, 0) is 38.8 Å². The van der Waals surface area contributed by atoms with Crippen LogP contribution in [0.3, 0.4) is 0 Å². The number of benzene rings is 2. The Morgan fingerprint density at radius 3 is 2.00 bits per heavy atom. The lowest BCUT2D eigenvalue weighted by molar-refractivity contribution is -0.957. The van der Waals surface area contributed by atoms with Crippen LogP contribution in [0.2, 0.25) is 0 Å². The molecule has 1 unspecified atom stereocenters. The number of rotatable bonds is 16. The second-order valence-electron chi connectivity index (χ2n) is 8.64. The largest absolute Gasteiger partial charge is 1.00 e. The lowest BCUT2D eigenvalue weighted by Crippen LogP contribution is -3.18. The minimum absolute atomic E-state index is 0. The van der Waals surface area contributed by atoms with Crippen LogP contribution >= 0.6 is 0 Å². The molecule has 0 spiro atoms. The van der Waals surface area contributed by atoms with E-state index in [2.05, 4.69) is 51.1 Å². The summed E-state index contributed by atoms with van der Waals surface area (Å²) in [5.74, 6) is 0.904. The van der Waals surface area contributed by atoms with Crippen molar-refractivity contribution in [2.45, 2.75) is 64.8 Å². The Labute approximate surface area is 196 Å². The molecule has 0 aromatic heterocycles. The second-order valence-corrected chi connectivity index (χ2v) is 8.64. The summed E-state index contributed by atoms with van der Waals surface area (Å²) in [6.45, 7) is 11.2. The summed E-state index contributed by atoms with van der Waals surface area (Å²) in [6, 6.07) is 20.9. The number of nitrogens with one attached hydrogen (secondary N) is 1. The molecule has 0 amide bonds. The third-order valence-corrected chi connectivity index (χ3v) is 6.00. The monoisotopic (exact) mass is 447 g/mol. The number of unbranched alkanes of at least 4 members (excludes halogenated alkanes) is 5. The van der Waals surface area contributed by atoms with Gasteiger partial charge in [-0.1, -0.05) is 81.1 Å². The van der Waals surface area contributed by atoms with E-state index in [0.717, 1.165) is 18.9 Å². The molecular weight excluding hydrogens is 406 g/mol. The first-order valence-corrected chi connectivity index (χ1v) is 11.8. The smallest absolute Gasteiger partial charge is 0.119 e. The van der Waals surface area contributed by atoms with Crippen LogP contribution in [-0.2, 0) is 10.3 Å². The summed E-state index contributed by atoms with van der Waals surface area (Å²) in [7, 11) is 0. The van der Waals surface area contributed by atoms with E-state index < -0.39 is 0 Å². The van der Waals surface area contributed by atoms with Crippen molar-refractivity contribution in [2.24, 2.45) is 0 Å². The maximum Gasteiger partial charge on any atom is 0.119 e. The highest BCUT2D eigenvalue weighted by Gasteiger charge is 2.32. The summed E-state index contributed by atoms with van der Waals surface area (Å²) in [5.41, 5.74) is 1.48. The average Bonchev–Trinajstić information content (AvgIpc) is 2.78.